The van der Waals surface area contributed by atoms with Gasteiger partial charge in [-0.15, -0.1) is 0 Å². The quantitative estimate of drug-likeness (QED) is 0.0684. The number of nitro groups is 1. The predicted octanol–water partition coefficient (Wildman–Crippen LogP) is 8.93. The summed E-state index contributed by atoms with van der Waals surface area (Å²) < 4.78 is 16.3. The Morgan fingerprint density at radius 3 is 1.95 bits per heavy atom. The number of unbranched alkanes of at least 4 members (excludes halogenated alkanes) is 9. The van der Waals surface area contributed by atoms with Crippen LogP contribution in [0.25, 0.3) is 11.1 Å². The Hall–Kier alpha value is -3.87. The molecular formula is C33H41NO6. The molecule has 3 rings (SSSR count). The molecular weight excluding hydrogens is 506 g/mol. The average molecular weight is 548 g/mol. The first kappa shape index (κ1) is 30.7. The van der Waals surface area contributed by atoms with Crippen LogP contribution in [0.15, 0.2) is 66.7 Å². The zero-order chi connectivity index (χ0) is 28.6. The van der Waals surface area contributed by atoms with Crippen molar-refractivity contribution in [1.82, 2.24) is 0 Å². The maximum absolute atomic E-state index is 11.8. The van der Waals surface area contributed by atoms with Gasteiger partial charge in [0.15, 0.2) is 5.75 Å². The summed E-state index contributed by atoms with van der Waals surface area (Å²) in [5.41, 5.74) is 2.68. The van der Waals surface area contributed by atoms with E-state index in [0.29, 0.717) is 12.2 Å². The first-order valence-electron chi connectivity index (χ1n) is 14.3. The number of methoxy groups -OCH3 is 1. The molecule has 0 bridgehead atoms. The number of benzene rings is 3. The lowest BCUT2D eigenvalue weighted by molar-refractivity contribution is -0.385. The molecule has 0 saturated heterocycles. The molecule has 0 saturated carbocycles. The van der Waals surface area contributed by atoms with E-state index in [1.165, 1.54) is 71.0 Å². The second-order valence-corrected chi connectivity index (χ2v) is 9.97. The first-order valence-corrected chi connectivity index (χ1v) is 14.3. The highest BCUT2D eigenvalue weighted by Gasteiger charge is 2.17. The van der Waals surface area contributed by atoms with Gasteiger partial charge in [-0.1, -0.05) is 95.0 Å². The summed E-state index contributed by atoms with van der Waals surface area (Å²) in [6.45, 7) is 3.07. The van der Waals surface area contributed by atoms with Crippen LogP contribution in [0.3, 0.4) is 0 Å². The monoisotopic (exact) mass is 547 g/mol. The Morgan fingerprint density at radius 2 is 1.35 bits per heavy atom. The fourth-order valence-electron chi connectivity index (χ4n) is 4.50. The molecule has 0 aliphatic carbocycles. The molecule has 3 aromatic rings. The summed E-state index contributed by atoms with van der Waals surface area (Å²) in [6, 6.07) is 19.3. The lowest BCUT2D eigenvalue weighted by Crippen LogP contribution is -2.02. The molecule has 0 aliphatic rings. The van der Waals surface area contributed by atoms with Crippen molar-refractivity contribution in [2.24, 2.45) is 0 Å². The van der Waals surface area contributed by atoms with Gasteiger partial charge in [-0.05, 0) is 53.4 Å². The molecule has 0 aromatic heterocycles. The minimum absolute atomic E-state index is 0.107. The lowest BCUT2D eigenvalue weighted by atomic mass is 10.0. The van der Waals surface area contributed by atoms with Gasteiger partial charge in [0.25, 0.3) is 0 Å². The number of carbonyl (C=O) groups excluding carboxylic acids is 1. The molecule has 7 heteroatoms. The molecule has 0 N–H and O–H groups in total. The molecule has 0 spiro atoms. The van der Waals surface area contributed by atoms with Gasteiger partial charge in [-0.25, -0.2) is 4.79 Å². The number of esters is 1. The molecule has 0 heterocycles. The highest BCUT2D eigenvalue weighted by atomic mass is 16.6. The van der Waals surface area contributed by atoms with Crippen molar-refractivity contribution in [3.63, 3.8) is 0 Å². The maximum Gasteiger partial charge on any atom is 0.337 e. The SMILES string of the molecule is CCCCCCCCCCCCOc1ccc(-c2ccc(OCc3ccc(C(=O)OC)cc3)c([N+](=O)[O-])c2)cc1. The van der Waals surface area contributed by atoms with Crippen molar-refractivity contribution in [3.8, 4) is 22.6 Å². The summed E-state index contributed by atoms with van der Waals surface area (Å²) in [4.78, 5) is 22.9. The third-order valence-corrected chi connectivity index (χ3v) is 6.88. The van der Waals surface area contributed by atoms with Gasteiger partial charge in [0, 0.05) is 6.07 Å². The smallest absolute Gasteiger partial charge is 0.337 e. The Labute approximate surface area is 237 Å². The molecule has 3 aromatic carbocycles. The average Bonchev–Trinajstić information content (AvgIpc) is 2.99. The van der Waals surface area contributed by atoms with Crippen LogP contribution in [0.1, 0.15) is 87.1 Å². The molecule has 214 valence electrons. The van der Waals surface area contributed by atoms with E-state index in [1.54, 1.807) is 30.3 Å². The second-order valence-electron chi connectivity index (χ2n) is 9.97. The minimum Gasteiger partial charge on any atom is -0.494 e. The Balaban J connectivity index is 1.46. The van der Waals surface area contributed by atoms with E-state index in [-0.39, 0.29) is 18.0 Å². The Kier molecular flexibility index (Phi) is 13.0. The van der Waals surface area contributed by atoms with Crippen LogP contribution in [-0.2, 0) is 11.3 Å². The normalized spacial score (nSPS) is 10.8. The van der Waals surface area contributed by atoms with Gasteiger partial charge in [-0.2, -0.15) is 0 Å². The van der Waals surface area contributed by atoms with Crippen LogP contribution in [0.4, 0.5) is 5.69 Å². The summed E-state index contributed by atoms with van der Waals surface area (Å²) in [5.74, 6) is 0.557. The zero-order valence-electron chi connectivity index (χ0n) is 23.7. The highest BCUT2D eigenvalue weighted by molar-refractivity contribution is 5.89. The third-order valence-electron chi connectivity index (χ3n) is 6.88. The zero-order valence-corrected chi connectivity index (χ0v) is 23.7. The molecule has 40 heavy (non-hydrogen) atoms. The van der Waals surface area contributed by atoms with Crippen LogP contribution in [0, 0.1) is 10.1 Å². The van der Waals surface area contributed by atoms with Gasteiger partial charge in [0.05, 0.1) is 24.2 Å². The van der Waals surface area contributed by atoms with Gasteiger partial charge in [0.1, 0.15) is 12.4 Å². The topological polar surface area (TPSA) is 87.9 Å². The number of hydrogen-bond acceptors (Lipinski definition) is 6. The number of nitro benzene ring substituents is 1. The van der Waals surface area contributed by atoms with Gasteiger partial charge >= 0.3 is 11.7 Å². The highest BCUT2D eigenvalue weighted by Crippen LogP contribution is 2.33. The van der Waals surface area contributed by atoms with Crippen LogP contribution in [0.2, 0.25) is 0 Å². The maximum atomic E-state index is 11.8. The molecule has 0 amide bonds. The van der Waals surface area contributed by atoms with E-state index >= 15 is 0 Å². The predicted molar refractivity (Wildman–Crippen MR) is 158 cm³/mol. The van der Waals surface area contributed by atoms with Crippen LogP contribution in [0.5, 0.6) is 11.5 Å². The van der Waals surface area contributed by atoms with Gasteiger partial charge < -0.3 is 14.2 Å². The van der Waals surface area contributed by atoms with Crippen molar-refractivity contribution in [1.29, 1.82) is 0 Å². The molecule has 0 atom stereocenters. The molecule has 7 nitrogen and oxygen atoms in total. The van der Waals surface area contributed by atoms with E-state index in [1.807, 2.05) is 30.3 Å². The van der Waals surface area contributed by atoms with Crippen molar-refractivity contribution in [2.45, 2.75) is 77.7 Å². The van der Waals surface area contributed by atoms with Crippen LogP contribution < -0.4 is 9.47 Å². The van der Waals surface area contributed by atoms with E-state index in [4.69, 9.17) is 14.2 Å². The van der Waals surface area contributed by atoms with Crippen molar-refractivity contribution >= 4 is 11.7 Å². The Morgan fingerprint density at radius 1 is 0.750 bits per heavy atom. The number of rotatable bonds is 18. The fraction of sp³-hybridized carbons (Fsp3) is 0.424. The van der Waals surface area contributed by atoms with E-state index in [2.05, 4.69) is 6.92 Å². The summed E-state index contributed by atoms with van der Waals surface area (Å²) in [7, 11) is 1.32. The number of carbonyl (C=O) groups is 1. The first-order chi connectivity index (χ1) is 19.5. The van der Waals surface area contributed by atoms with Gasteiger partial charge in [0.2, 0.25) is 0 Å². The van der Waals surface area contributed by atoms with Gasteiger partial charge in [-0.3, -0.25) is 10.1 Å². The summed E-state index contributed by atoms with van der Waals surface area (Å²) in [5, 5.41) is 11.8. The molecule has 0 unspecified atom stereocenters. The summed E-state index contributed by atoms with van der Waals surface area (Å²) >= 11 is 0. The van der Waals surface area contributed by atoms with Crippen molar-refractivity contribution < 1.29 is 23.9 Å². The largest absolute Gasteiger partial charge is 0.494 e. The second kappa shape index (κ2) is 17.0. The number of ether oxygens (including phenoxy) is 3. The third kappa shape index (κ3) is 10.0. The van der Waals surface area contributed by atoms with Crippen molar-refractivity contribution in [2.75, 3.05) is 13.7 Å². The van der Waals surface area contributed by atoms with Crippen LogP contribution in [-0.4, -0.2) is 24.6 Å². The Bertz CT molecular complexity index is 1190. The van der Waals surface area contributed by atoms with E-state index in [0.717, 1.165) is 28.9 Å². The number of nitrogens with zero attached hydrogens (tertiary/aromatic N) is 1. The van der Waals surface area contributed by atoms with E-state index < -0.39 is 10.9 Å². The van der Waals surface area contributed by atoms with E-state index in [9.17, 15) is 14.9 Å². The molecule has 0 radical (unpaired) electrons. The lowest BCUT2D eigenvalue weighted by Gasteiger charge is -2.10. The standard InChI is InChI=1S/C33H41NO6/c1-3-4-5-6-7-8-9-10-11-12-23-39-30-20-17-27(18-21-30)29-19-22-32(31(24-29)34(36)37)40-25-26-13-15-28(16-14-26)33(35)38-2/h13-22,24H,3-12,23,25H2,1-2H3. The van der Waals surface area contributed by atoms with Crippen LogP contribution >= 0.6 is 0 Å². The number of hydrogen-bond donors (Lipinski definition) is 0. The molecule has 0 aliphatic heterocycles. The fourth-order valence-corrected chi connectivity index (χ4v) is 4.50. The minimum atomic E-state index is -0.441. The van der Waals surface area contributed by atoms with Crippen molar-refractivity contribution in [3.05, 3.63) is 88.0 Å². The molecule has 0 fully saturated rings. The summed E-state index contributed by atoms with van der Waals surface area (Å²) in [6.07, 6.45) is 12.9.